The van der Waals surface area contributed by atoms with Gasteiger partial charge in [0.25, 0.3) is 0 Å². The molecule has 4 nitrogen and oxygen atoms in total. The van der Waals surface area contributed by atoms with E-state index in [0.717, 1.165) is 11.1 Å². The largest absolute Gasteiger partial charge is 0.469 e. The van der Waals surface area contributed by atoms with Gasteiger partial charge in [-0.3, -0.25) is 4.79 Å². The van der Waals surface area contributed by atoms with Crippen molar-refractivity contribution in [2.45, 2.75) is 25.6 Å². The Hall–Kier alpha value is -1.39. The molecule has 1 rings (SSSR count). The van der Waals surface area contributed by atoms with E-state index in [1.165, 1.54) is 7.11 Å². The predicted octanol–water partition coefficient (Wildman–Crippen LogP) is 1.82. The highest BCUT2D eigenvalue weighted by Gasteiger charge is 2.10. The van der Waals surface area contributed by atoms with Crippen LogP contribution in [0.2, 0.25) is 0 Å². The number of hydrogen-bond donors (Lipinski definition) is 1. The Morgan fingerprint density at radius 3 is 2.82 bits per heavy atom. The summed E-state index contributed by atoms with van der Waals surface area (Å²) in [5, 5.41) is 9.91. The molecule has 0 bridgehead atoms. The topological polar surface area (TPSA) is 55.8 Å². The molecular weight excluding hydrogens is 220 g/mol. The van der Waals surface area contributed by atoms with Crippen LogP contribution in [-0.2, 0) is 20.9 Å². The zero-order valence-corrected chi connectivity index (χ0v) is 10.2. The molecule has 1 atom stereocenters. The Bertz CT molecular complexity index is 362. The summed E-state index contributed by atoms with van der Waals surface area (Å²) < 4.78 is 9.55. The second-order valence-electron chi connectivity index (χ2n) is 3.81. The molecule has 0 spiro atoms. The van der Waals surface area contributed by atoms with Gasteiger partial charge in [0, 0.05) is 13.5 Å². The van der Waals surface area contributed by atoms with E-state index in [1.54, 1.807) is 7.11 Å². The zero-order valence-electron chi connectivity index (χ0n) is 10.2. The van der Waals surface area contributed by atoms with Gasteiger partial charge >= 0.3 is 5.97 Å². The minimum atomic E-state index is -0.647. The number of carbonyl (C=O) groups excluding carboxylic acids is 1. The standard InChI is InChI=1S/C13H18O4/c1-16-9-10-4-3-5-11(8-10)12(14)6-7-13(15)17-2/h3-5,8,12,14H,6-7,9H2,1-2H3. The van der Waals surface area contributed by atoms with Crippen LogP contribution in [-0.4, -0.2) is 25.3 Å². The Kier molecular flexibility index (Phi) is 5.66. The number of carbonyl (C=O) groups is 1. The van der Waals surface area contributed by atoms with Gasteiger partial charge in [0.1, 0.15) is 0 Å². The molecule has 0 heterocycles. The number of ether oxygens (including phenoxy) is 2. The fourth-order valence-electron chi connectivity index (χ4n) is 1.58. The third kappa shape index (κ3) is 4.54. The average Bonchev–Trinajstić information content (AvgIpc) is 2.36. The quantitative estimate of drug-likeness (QED) is 0.768. The van der Waals surface area contributed by atoms with Crippen molar-refractivity contribution < 1.29 is 19.4 Å². The molecule has 0 radical (unpaired) electrons. The van der Waals surface area contributed by atoms with Gasteiger partial charge in [-0.1, -0.05) is 24.3 Å². The van der Waals surface area contributed by atoms with Crippen molar-refractivity contribution in [2.24, 2.45) is 0 Å². The van der Waals surface area contributed by atoms with E-state index in [-0.39, 0.29) is 12.4 Å². The van der Waals surface area contributed by atoms with E-state index in [1.807, 2.05) is 24.3 Å². The van der Waals surface area contributed by atoms with Crippen molar-refractivity contribution in [3.8, 4) is 0 Å². The smallest absolute Gasteiger partial charge is 0.305 e. The molecule has 0 saturated carbocycles. The van der Waals surface area contributed by atoms with Crippen LogP contribution in [0.3, 0.4) is 0 Å². The minimum Gasteiger partial charge on any atom is -0.469 e. The van der Waals surface area contributed by atoms with E-state index >= 15 is 0 Å². The number of rotatable bonds is 6. The monoisotopic (exact) mass is 238 g/mol. The van der Waals surface area contributed by atoms with Gasteiger partial charge < -0.3 is 14.6 Å². The van der Waals surface area contributed by atoms with Crippen molar-refractivity contribution >= 4 is 5.97 Å². The second-order valence-corrected chi connectivity index (χ2v) is 3.81. The summed E-state index contributed by atoms with van der Waals surface area (Å²) in [5.74, 6) is -0.308. The van der Waals surface area contributed by atoms with Crippen LogP contribution < -0.4 is 0 Å². The molecule has 0 saturated heterocycles. The Morgan fingerprint density at radius 2 is 2.18 bits per heavy atom. The highest BCUT2D eigenvalue weighted by atomic mass is 16.5. The normalized spacial score (nSPS) is 12.2. The zero-order chi connectivity index (χ0) is 12.7. The molecule has 4 heteroatoms. The van der Waals surface area contributed by atoms with Crippen LogP contribution >= 0.6 is 0 Å². The fraction of sp³-hybridized carbons (Fsp3) is 0.462. The number of aliphatic hydroxyl groups is 1. The number of esters is 1. The summed E-state index contributed by atoms with van der Waals surface area (Å²) >= 11 is 0. The molecule has 0 fully saturated rings. The highest BCUT2D eigenvalue weighted by molar-refractivity contribution is 5.69. The molecule has 17 heavy (non-hydrogen) atoms. The van der Waals surface area contributed by atoms with Gasteiger partial charge in [-0.2, -0.15) is 0 Å². The van der Waals surface area contributed by atoms with Crippen molar-refractivity contribution in [1.29, 1.82) is 0 Å². The Morgan fingerprint density at radius 1 is 1.41 bits per heavy atom. The van der Waals surface area contributed by atoms with Crippen LogP contribution in [0, 0.1) is 0 Å². The molecule has 94 valence electrons. The van der Waals surface area contributed by atoms with Crippen LogP contribution in [0.1, 0.15) is 30.1 Å². The summed E-state index contributed by atoms with van der Waals surface area (Å²) in [6.45, 7) is 0.511. The fourth-order valence-corrected chi connectivity index (χ4v) is 1.58. The molecule has 0 aliphatic carbocycles. The third-order valence-corrected chi connectivity index (χ3v) is 2.50. The molecule has 0 amide bonds. The number of benzene rings is 1. The maximum Gasteiger partial charge on any atom is 0.305 e. The van der Waals surface area contributed by atoms with Gasteiger partial charge in [0.15, 0.2) is 0 Å². The lowest BCUT2D eigenvalue weighted by Gasteiger charge is -2.11. The van der Waals surface area contributed by atoms with Crippen LogP contribution in [0.25, 0.3) is 0 Å². The Balaban J connectivity index is 2.58. The molecule has 0 aliphatic heterocycles. The summed E-state index contributed by atoms with van der Waals surface area (Å²) in [4.78, 5) is 11.0. The Labute approximate surface area is 101 Å². The van der Waals surface area contributed by atoms with Gasteiger partial charge in [-0.15, -0.1) is 0 Å². The minimum absolute atomic E-state index is 0.214. The van der Waals surface area contributed by atoms with E-state index < -0.39 is 6.10 Å². The summed E-state index contributed by atoms with van der Waals surface area (Å²) in [5.41, 5.74) is 1.80. The summed E-state index contributed by atoms with van der Waals surface area (Å²) in [7, 11) is 2.97. The van der Waals surface area contributed by atoms with Crippen LogP contribution in [0.4, 0.5) is 0 Å². The molecule has 1 aromatic rings. The lowest BCUT2D eigenvalue weighted by Crippen LogP contribution is -2.05. The first-order valence-corrected chi connectivity index (χ1v) is 5.50. The summed E-state index contributed by atoms with van der Waals surface area (Å²) in [6, 6.07) is 7.51. The van der Waals surface area contributed by atoms with E-state index in [4.69, 9.17) is 4.74 Å². The molecule has 1 aromatic carbocycles. The van der Waals surface area contributed by atoms with Gasteiger partial charge in [0.05, 0.1) is 19.8 Å². The maximum absolute atomic E-state index is 11.0. The highest BCUT2D eigenvalue weighted by Crippen LogP contribution is 2.19. The number of hydrogen-bond acceptors (Lipinski definition) is 4. The number of aliphatic hydroxyl groups excluding tert-OH is 1. The van der Waals surface area contributed by atoms with Crippen LogP contribution in [0.15, 0.2) is 24.3 Å². The first-order chi connectivity index (χ1) is 8.17. The first kappa shape index (κ1) is 13.7. The van der Waals surface area contributed by atoms with E-state index in [0.29, 0.717) is 13.0 Å². The predicted molar refractivity (Wildman–Crippen MR) is 63.4 cm³/mol. The average molecular weight is 238 g/mol. The van der Waals surface area contributed by atoms with Crippen molar-refractivity contribution in [3.63, 3.8) is 0 Å². The second kappa shape index (κ2) is 7.04. The molecule has 0 aromatic heterocycles. The lowest BCUT2D eigenvalue weighted by atomic mass is 10.0. The van der Waals surface area contributed by atoms with Gasteiger partial charge in [-0.05, 0) is 17.5 Å². The van der Waals surface area contributed by atoms with Crippen LogP contribution in [0.5, 0.6) is 0 Å². The molecular formula is C13H18O4. The number of methoxy groups -OCH3 is 2. The first-order valence-electron chi connectivity index (χ1n) is 5.50. The van der Waals surface area contributed by atoms with Crippen molar-refractivity contribution in [3.05, 3.63) is 35.4 Å². The molecule has 0 aliphatic rings. The maximum atomic E-state index is 11.0. The summed E-state index contributed by atoms with van der Waals surface area (Å²) in [6.07, 6.45) is -0.0687. The molecule has 1 N–H and O–H groups in total. The molecule has 1 unspecified atom stereocenters. The van der Waals surface area contributed by atoms with E-state index in [2.05, 4.69) is 4.74 Å². The van der Waals surface area contributed by atoms with Gasteiger partial charge in [0.2, 0.25) is 0 Å². The SMILES string of the molecule is COCc1cccc(C(O)CCC(=O)OC)c1. The lowest BCUT2D eigenvalue weighted by molar-refractivity contribution is -0.141. The van der Waals surface area contributed by atoms with Gasteiger partial charge in [-0.25, -0.2) is 0 Å². The third-order valence-electron chi connectivity index (χ3n) is 2.50. The van der Waals surface area contributed by atoms with Crippen molar-refractivity contribution in [1.82, 2.24) is 0 Å². The van der Waals surface area contributed by atoms with Crippen molar-refractivity contribution in [2.75, 3.05) is 14.2 Å². The van der Waals surface area contributed by atoms with E-state index in [9.17, 15) is 9.90 Å².